The highest BCUT2D eigenvalue weighted by atomic mass is 127. The fourth-order valence-corrected chi connectivity index (χ4v) is 2.05. The van der Waals surface area contributed by atoms with Crippen LogP contribution in [-0.4, -0.2) is 18.9 Å². The molecule has 3 N–H and O–H groups in total. The van der Waals surface area contributed by atoms with Crippen LogP contribution in [-0.2, 0) is 0 Å². The van der Waals surface area contributed by atoms with Gasteiger partial charge in [-0.1, -0.05) is 19.9 Å². The van der Waals surface area contributed by atoms with Crippen LogP contribution in [0.15, 0.2) is 29.3 Å². The lowest BCUT2D eigenvalue weighted by molar-refractivity contribution is -0.274. The quantitative estimate of drug-likeness (QED) is 0.433. The van der Waals surface area contributed by atoms with Crippen molar-refractivity contribution in [3.05, 3.63) is 24.3 Å². The molecule has 124 valence electrons. The van der Waals surface area contributed by atoms with E-state index in [1.165, 1.54) is 18.2 Å². The molecule has 0 heterocycles. The first-order valence-electron chi connectivity index (χ1n) is 6.58. The maximum Gasteiger partial charge on any atom is 0.573 e. The average molecular weight is 429 g/mol. The number of guanidine groups is 1. The largest absolute Gasteiger partial charge is 0.573 e. The molecule has 1 aromatic carbocycles. The summed E-state index contributed by atoms with van der Waals surface area (Å²) in [6.07, 6.45) is -3.60. The second-order valence-corrected chi connectivity index (χ2v) is 5.82. The van der Waals surface area contributed by atoms with E-state index in [-0.39, 0.29) is 35.7 Å². The van der Waals surface area contributed by atoms with E-state index in [2.05, 4.69) is 28.9 Å². The van der Waals surface area contributed by atoms with Gasteiger partial charge in [-0.2, -0.15) is 0 Å². The molecule has 1 aliphatic carbocycles. The van der Waals surface area contributed by atoms with Crippen LogP contribution < -0.4 is 15.8 Å². The molecule has 0 aromatic heterocycles. The molecule has 1 aromatic rings. The van der Waals surface area contributed by atoms with Crippen molar-refractivity contribution in [1.82, 2.24) is 0 Å². The summed E-state index contributed by atoms with van der Waals surface area (Å²) in [7, 11) is 0. The van der Waals surface area contributed by atoms with Crippen LogP contribution in [0.5, 0.6) is 5.75 Å². The van der Waals surface area contributed by atoms with Gasteiger partial charge in [0.15, 0.2) is 5.96 Å². The summed E-state index contributed by atoms with van der Waals surface area (Å²) in [6.45, 7) is 4.94. The lowest BCUT2D eigenvalue weighted by Gasteiger charge is -2.11. The summed E-state index contributed by atoms with van der Waals surface area (Å²) in [5.41, 5.74) is 6.43. The van der Waals surface area contributed by atoms with E-state index in [1.54, 1.807) is 6.07 Å². The molecule has 0 amide bonds. The molecule has 0 saturated heterocycles. The summed E-state index contributed by atoms with van der Waals surface area (Å²) in [5.74, 6) is 0.392. The fraction of sp³-hybridized carbons (Fsp3) is 0.500. The van der Waals surface area contributed by atoms with Crippen molar-refractivity contribution in [3.8, 4) is 5.75 Å². The average Bonchev–Trinajstić information content (AvgIpc) is 2.93. The van der Waals surface area contributed by atoms with E-state index in [1.807, 2.05) is 0 Å². The van der Waals surface area contributed by atoms with E-state index in [0.29, 0.717) is 23.6 Å². The zero-order chi connectivity index (χ0) is 15.7. The number of nitrogens with two attached hydrogens (primary N) is 1. The minimum absolute atomic E-state index is 0. The van der Waals surface area contributed by atoms with Crippen molar-refractivity contribution in [2.45, 2.75) is 26.6 Å². The van der Waals surface area contributed by atoms with Crippen LogP contribution in [0.1, 0.15) is 20.3 Å². The van der Waals surface area contributed by atoms with Gasteiger partial charge in [-0.3, -0.25) is 4.99 Å². The van der Waals surface area contributed by atoms with Gasteiger partial charge in [0.25, 0.3) is 0 Å². The molecule has 22 heavy (non-hydrogen) atoms. The topological polar surface area (TPSA) is 59.6 Å². The van der Waals surface area contributed by atoms with E-state index in [4.69, 9.17) is 5.73 Å². The number of nitrogens with one attached hydrogen (secondary N) is 1. The highest BCUT2D eigenvalue weighted by molar-refractivity contribution is 14.0. The summed E-state index contributed by atoms with van der Waals surface area (Å²) in [5, 5.41) is 2.76. The van der Waals surface area contributed by atoms with Crippen LogP contribution >= 0.6 is 24.0 Å². The van der Waals surface area contributed by atoms with Crippen LogP contribution in [0.25, 0.3) is 0 Å². The minimum atomic E-state index is -4.71. The van der Waals surface area contributed by atoms with Gasteiger partial charge in [-0.15, -0.1) is 37.1 Å². The smallest absolute Gasteiger partial charge is 0.406 e. The van der Waals surface area contributed by atoms with E-state index in [0.717, 1.165) is 6.42 Å². The number of rotatable bonds is 4. The molecular formula is C14H19F3IN3O. The summed E-state index contributed by atoms with van der Waals surface area (Å²) >= 11 is 0. The molecule has 0 aliphatic heterocycles. The number of hydrogen-bond acceptors (Lipinski definition) is 2. The Morgan fingerprint density at radius 3 is 2.64 bits per heavy atom. The number of alkyl halides is 3. The first-order chi connectivity index (χ1) is 9.66. The zero-order valence-corrected chi connectivity index (χ0v) is 14.6. The standard InChI is InChI=1S/C14H18F3N3O.HI/c1-13(2)7-9(13)8-19-12(18)20-10-4-3-5-11(6-10)21-14(15,16)17;/h3-6,9H,7-8H2,1-2H3,(H3,18,19,20);1H. The normalized spacial score (nSPS) is 20.0. The summed E-state index contributed by atoms with van der Waals surface area (Å²) < 4.78 is 40.2. The van der Waals surface area contributed by atoms with Gasteiger partial charge in [-0.25, -0.2) is 0 Å². The Bertz CT molecular complexity index is 546. The number of nitrogens with zero attached hydrogens (tertiary/aromatic N) is 1. The van der Waals surface area contributed by atoms with Gasteiger partial charge in [0, 0.05) is 18.3 Å². The molecule has 1 saturated carbocycles. The lowest BCUT2D eigenvalue weighted by Crippen LogP contribution is -2.23. The second-order valence-electron chi connectivity index (χ2n) is 5.82. The third-order valence-electron chi connectivity index (χ3n) is 3.54. The SMILES string of the molecule is CC1(C)CC1CN=C(N)Nc1cccc(OC(F)(F)F)c1.I. The Morgan fingerprint density at radius 2 is 2.09 bits per heavy atom. The Labute approximate surface area is 144 Å². The van der Waals surface area contributed by atoms with Crippen LogP contribution in [0, 0.1) is 11.3 Å². The molecule has 0 bridgehead atoms. The lowest BCUT2D eigenvalue weighted by atomic mass is 10.1. The first-order valence-corrected chi connectivity index (χ1v) is 6.58. The fourth-order valence-electron chi connectivity index (χ4n) is 2.05. The molecule has 4 nitrogen and oxygen atoms in total. The van der Waals surface area contributed by atoms with Crippen molar-refractivity contribution >= 4 is 35.6 Å². The van der Waals surface area contributed by atoms with Crippen molar-refractivity contribution in [1.29, 1.82) is 0 Å². The monoisotopic (exact) mass is 429 g/mol. The number of aliphatic imine (C=N–C) groups is 1. The van der Waals surface area contributed by atoms with Gasteiger partial charge in [0.05, 0.1) is 0 Å². The predicted octanol–water partition coefficient (Wildman–Crippen LogP) is 3.98. The molecular weight excluding hydrogens is 410 g/mol. The minimum Gasteiger partial charge on any atom is -0.406 e. The Morgan fingerprint density at radius 1 is 1.45 bits per heavy atom. The third-order valence-corrected chi connectivity index (χ3v) is 3.54. The van der Waals surface area contributed by atoms with E-state index in [9.17, 15) is 13.2 Å². The van der Waals surface area contributed by atoms with Crippen molar-refractivity contribution in [2.75, 3.05) is 11.9 Å². The zero-order valence-electron chi connectivity index (χ0n) is 12.3. The Balaban J connectivity index is 0.00000242. The van der Waals surface area contributed by atoms with Crippen molar-refractivity contribution < 1.29 is 17.9 Å². The molecule has 1 unspecified atom stereocenters. The number of halogens is 4. The molecule has 0 spiro atoms. The van der Waals surface area contributed by atoms with Gasteiger partial charge < -0.3 is 15.8 Å². The molecule has 0 radical (unpaired) electrons. The molecule has 2 rings (SSSR count). The van der Waals surface area contributed by atoms with Crippen LogP contribution in [0.2, 0.25) is 0 Å². The van der Waals surface area contributed by atoms with Crippen LogP contribution in [0.3, 0.4) is 0 Å². The Kier molecular flexibility index (Phi) is 5.94. The highest BCUT2D eigenvalue weighted by Gasteiger charge is 2.45. The molecule has 1 atom stereocenters. The third kappa shape index (κ3) is 5.90. The van der Waals surface area contributed by atoms with Crippen LogP contribution in [0.4, 0.5) is 18.9 Å². The van der Waals surface area contributed by atoms with Gasteiger partial charge in [0.1, 0.15) is 5.75 Å². The van der Waals surface area contributed by atoms with Gasteiger partial charge in [-0.05, 0) is 29.9 Å². The second kappa shape index (κ2) is 6.93. The van der Waals surface area contributed by atoms with Gasteiger partial charge in [0.2, 0.25) is 0 Å². The van der Waals surface area contributed by atoms with E-state index >= 15 is 0 Å². The first kappa shape index (κ1) is 18.9. The van der Waals surface area contributed by atoms with E-state index < -0.39 is 6.36 Å². The summed E-state index contributed by atoms with van der Waals surface area (Å²) in [4.78, 5) is 4.20. The highest BCUT2D eigenvalue weighted by Crippen LogP contribution is 2.51. The molecule has 1 aliphatic rings. The summed E-state index contributed by atoms with van der Waals surface area (Å²) in [6, 6.07) is 5.48. The number of hydrogen-bond donors (Lipinski definition) is 2. The Hall–Kier alpha value is -1.19. The number of ether oxygens (including phenoxy) is 1. The van der Waals surface area contributed by atoms with Crippen molar-refractivity contribution in [2.24, 2.45) is 22.1 Å². The molecule has 8 heteroatoms. The number of anilines is 1. The number of benzene rings is 1. The van der Waals surface area contributed by atoms with Crippen molar-refractivity contribution in [3.63, 3.8) is 0 Å². The maximum absolute atomic E-state index is 12.1. The molecule has 1 fully saturated rings. The predicted molar refractivity (Wildman–Crippen MR) is 90.5 cm³/mol. The van der Waals surface area contributed by atoms with Gasteiger partial charge >= 0.3 is 6.36 Å². The maximum atomic E-state index is 12.1.